The Labute approximate surface area is 264 Å². The molecule has 0 saturated carbocycles. The Kier molecular flexibility index (Phi) is 13.6. The van der Waals surface area contributed by atoms with Gasteiger partial charge < -0.3 is 34.8 Å². The van der Waals surface area contributed by atoms with E-state index < -0.39 is 41.6 Å². The highest BCUT2D eigenvalue weighted by molar-refractivity contribution is 5.70. The van der Waals surface area contributed by atoms with Crippen LogP contribution in [-0.4, -0.2) is 117 Å². The smallest absolute Gasteiger partial charge is 0.309 e. The number of cyclic esters (lactones) is 1. The summed E-state index contributed by atoms with van der Waals surface area (Å²) >= 11 is 0. The Morgan fingerprint density at radius 2 is 1.93 bits per heavy atom. The van der Waals surface area contributed by atoms with Crippen molar-refractivity contribution in [3.63, 3.8) is 0 Å². The number of piperazine rings is 1. The molecule has 2 fully saturated rings. The monoisotopic (exact) mass is 622 g/mol. The lowest BCUT2D eigenvalue weighted by molar-refractivity contribution is -0.240. The number of aliphatic hydroxyl groups excluding tert-OH is 2. The van der Waals surface area contributed by atoms with Crippen molar-refractivity contribution in [2.45, 2.75) is 128 Å². The molecule has 3 aliphatic rings. The number of carbonyl (C=O) groups is 1. The third kappa shape index (κ3) is 11.0. The average Bonchev–Trinajstić information content (AvgIpc) is 3.73. The van der Waals surface area contributed by atoms with Crippen LogP contribution in [0.2, 0.25) is 0 Å². The molecule has 0 bridgehead atoms. The van der Waals surface area contributed by atoms with E-state index in [1.807, 2.05) is 51.0 Å². The molecule has 3 rings (SSSR count). The van der Waals surface area contributed by atoms with Crippen LogP contribution in [0.5, 0.6) is 0 Å². The number of esters is 1. The second kappa shape index (κ2) is 16.3. The van der Waals surface area contributed by atoms with Crippen LogP contribution in [0.3, 0.4) is 0 Å². The average molecular weight is 623 g/mol. The van der Waals surface area contributed by atoms with E-state index in [2.05, 4.69) is 11.8 Å². The number of rotatable bonds is 11. The van der Waals surface area contributed by atoms with Gasteiger partial charge in [-0.25, -0.2) is 0 Å². The van der Waals surface area contributed by atoms with E-state index >= 15 is 0 Å². The first-order valence-electron chi connectivity index (χ1n) is 16.5. The fraction of sp³-hybridized carbons (Fsp3) is 0.794. The molecule has 10 unspecified atom stereocenters. The molecule has 0 aromatic rings. The number of nitrogens with zero attached hydrogens (tertiary/aromatic N) is 2. The quantitative estimate of drug-likeness (QED) is 0.118. The molecule has 0 aromatic carbocycles. The molecule has 0 aliphatic carbocycles. The van der Waals surface area contributed by atoms with Gasteiger partial charge in [0.25, 0.3) is 0 Å². The SMILES string of the molecule is CCC(O)C(C)C1OC1CC(C)(O)/C=C/C=C(\C)C1OC(=O)CC(O)CCC(C)(O)C(ON2CCN(CC)CC2)/C=C/C1C. The summed E-state index contributed by atoms with van der Waals surface area (Å²) in [5.41, 5.74) is -1.60. The van der Waals surface area contributed by atoms with Crippen molar-refractivity contribution in [2.24, 2.45) is 11.8 Å². The number of aliphatic hydroxyl groups is 4. The summed E-state index contributed by atoms with van der Waals surface area (Å²) in [6, 6.07) is 0. The molecule has 3 heterocycles. The number of hydrogen-bond donors (Lipinski definition) is 4. The summed E-state index contributed by atoms with van der Waals surface area (Å²) in [5, 5.41) is 45.0. The molecule has 10 nitrogen and oxygen atoms in total. The first-order chi connectivity index (χ1) is 20.7. The van der Waals surface area contributed by atoms with E-state index in [1.165, 1.54) is 0 Å². The number of allylic oxidation sites excluding steroid dienone is 2. The molecular formula is C34H58N2O8. The van der Waals surface area contributed by atoms with Crippen molar-refractivity contribution in [2.75, 3.05) is 32.7 Å². The fourth-order valence-corrected chi connectivity index (χ4v) is 6.10. The van der Waals surface area contributed by atoms with Gasteiger partial charge in [0.05, 0.1) is 42.0 Å². The largest absolute Gasteiger partial charge is 0.457 e. The lowest BCUT2D eigenvalue weighted by Crippen LogP contribution is -2.51. The van der Waals surface area contributed by atoms with E-state index in [-0.39, 0.29) is 43.3 Å². The van der Waals surface area contributed by atoms with E-state index in [9.17, 15) is 25.2 Å². The Morgan fingerprint density at radius 1 is 1.25 bits per heavy atom. The molecule has 252 valence electrons. The van der Waals surface area contributed by atoms with Gasteiger partial charge in [-0.05, 0) is 52.2 Å². The second-order valence-electron chi connectivity index (χ2n) is 13.6. The van der Waals surface area contributed by atoms with Crippen LogP contribution in [-0.2, 0) is 19.1 Å². The van der Waals surface area contributed by atoms with Gasteiger partial charge in [0, 0.05) is 44.4 Å². The summed E-state index contributed by atoms with van der Waals surface area (Å²) in [6.07, 6.45) is 7.65. The summed E-state index contributed by atoms with van der Waals surface area (Å²) in [6.45, 7) is 17.5. The number of carbonyl (C=O) groups excluding carboxylic acids is 1. The van der Waals surface area contributed by atoms with Crippen LogP contribution in [0.25, 0.3) is 0 Å². The molecule has 2 saturated heterocycles. The van der Waals surface area contributed by atoms with Crippen LogP contribution in [0, 0.1) is 11.8 Å². The van der Waals surface area contributed by atoms with E-state index in [0.717, 1.165) is 38.3 Å². The standard InChI is InChI=1S/C34H58N2O8/c1-8-27(38)25(5)32-28(42-32)22-33(6,40)15-10-11-23(3)31-24(4)12-13-29(44-36-19-17-35(9-2)18-20-36)34(7,41)16-14-26(37)21-30(39)43-31/h10-13,15,24-29,31-32,37-38,40-41H,8-9,14,16-22H2,1-7H3/b13-12+,15-10+,23-11+. The number of epoxide rings is 1. The molecule has 3 aliphatic heterocycles. The first kappa shape index (κ1) is 36.8. The van der Waals surface area contributed by atoms with Crippen molar-refractivity contribution >= 4 is 5.97 Å². The first-order valence-corrected chi connectivity index (χ1v) is 16.5. The van der Waals surface area contributed by atoms with Gasteiger partial charge in [0.1, 0.15) is 12.2 Å². The zero-order valence-electron chi connectivity index (χ0n) is 27.9. The minimum atomic E-state index is -1.26. The van der Waals surface area contributed by atoms with Crippen molar-refractivity contribution < 1.29 is 39.5 Å². The minimum Gasteiger partial charge on any atom is -0.457 e. The normalized spacial score (nSPS) is 37.0. The highest BCUT2D eigenvalue weighted by atomic mass is 16.7. The molecule has 4 N–H and O–H groups in total. The zero-order chi connectivity index (χ0) is 32.7. The van der Waals surface area contributed by atoms with Gasteiger partial charge >= 0.3 is 5.97 Å². The van der Waals surface area contributed by atoms with Crippen LogP contribution in [0.1, 0.15) is 80.6 Å². The minimum absolute atomic E-state index is 0.00994. The maximum atomic E-state index is 12.8. The molecule has 0 aromatic heterocycles. The predicted octanol–water partition coefficient (Wildman–Crippen LogP) is 3.14. The molecule has 44 heavy (non-hydrogen) atoms. The van der Waals surface area contributed by atoms with Crippen molar-refractivity contribution in [3.8, 4) is 0 Å². The fourth-order valence-electron chi connectivity index (χ4n) is 6.10. The van der Waals surface area contributed by atoms with Crippen LogP contribution in [0.4, 0.5) is 0 Å². The molecule has 0 spiro atoms. The Balaban J connectivity index is 1.73. The van der Waals surface area contributed by atoms with E-state index in [1.54, 1.807) is 26.0 Å². The highest BCUT2D eigenvalue weighted by Gasteiger charge is 2.47. The molecular weight excluding hydrogens is 564 g/mol. The van der Waals surface area contributed by atoms with Crippen molar-refractivity contribution in [1.29, 1.82) is 0 Å². The van der Waals surface area contributed by atoms with Gasteiger partial charge in [0.15, 0.2) is 0 Å². The summed E-state index contributed by atoms with van der Waals surface area (Å²) in [5.74, 6) is -0.754. The van der Waals surface area contributed by atoms with Gasteiger partial charge in [-0.1, -0.05) is 58.1 Å². The number of hydroxylamine groups is 2. The summed E-state index contributed by atoms with van der Waals surface area (Å²) in [7, 11) is 0. The summed E-state index contributed by atoms with van der Waals surface area (Å²) in [4.78, 5) is 21.5. The third-order valence-corrected chi connectivity index (χ3v) is 9.41. The Morgan fingerprint density at radius 3 is 2.57 bits per heavy atom. The predicted molar refractivity (Wildman–Crippen MR) is 169 cm³/mol. The molecule has 0 amide bonds. The van der Waals surface area contributed by atoms with Gasteiger partial charge in [-0.15, -0.1) is 0 Å². The second-order valence-corrected chi connectivity index (χ2v) is 13.6. The number of likely N-dealkylation sites (N-methyl/N-ethyl adjacent to an activating group) is 1. The van der Waals surface area contributed by atoms with Crippen molar-refractivity contribution in [3.05, 3.63) is 36.0 Å². The molecule has 10 heteroatoms. The molecule has 0 radical (unpaired) electrons. The zero-order valence-corrected chi connectivity index (χ0v) is 27.9. The van der Waals surface area contributed by atoms with Gasteiger partial charge in [-0.2, -0.15) is 5.06 Å². The highest BCUT2D eigenvalue weighted by Crippen LogP contribution is 2.37. The Bertz CT molecular complexity index is 1000. The van der Waals surface area contributed by atoms with Gasteiger partial charge in [0.2, 0.25) is 0 Å². The van der Waals surface area contributed by atoms with E-state index in [4.69, 9.17) is 14.3 Å². The topological polar surface area (TPSA) is 135 Å². The van der Waals surface area contributed by atoms with Gasteiger partial charge in [-0.3, -0.25) is 9.63 Å². The van der Waals surface area contributed by atoms with Crippen LogP contribution < -0.4 is 0 Å². The molecule has 10 atom stereocenters. The van der Waals surface area contributed by atoms with Crippen LogP contribution in [0.15, 0.2) is 36.0 Å². The lowest BCUT2D eigenvalue weighted by atomic mass is 9.89. The Hall–Kier alpha value is -1.63. The maximum absolute atomic E-state index is 12.8. The lowest BCUT2D eigenvalue weighted by Gasteiger charge is -2.39. The van der Waals surface area contributed by atoms with Crippen molar-refractivity contribution in [1.82, 2.24) is 9.96 Å². The third-order valence-electron chi connectivity index (χ3n) is 9.41. The number of ether oxygens (including phenoxy) is 2. The number of hydrogen-bond acceptors (Lipinski definition) is 10. The summed E-state index contributed by atoms with van der Waals surface area (Å²) < 4.78 is 11.6. The van der Waals surface area contributed by atoms with Crippen LogP contribution >= 0.6 is 0 Å². The van der Waals surface area contributed by atoms with E-state index in [0.29, 0.717) is 12.8 Å². The maximum Gasteiger partial charge on any atom is 0.309 e.